The summed E-state index contributed by atoms with van der Waals surface area (Å²) in [6.45, 7) is 6.32. The zero-order valence-electron chi connectivity index (χ0n) is 10.2. The second-order valence-corrected chi connectivity index (χ2v) is 4.34. The number of hydrogen-bond donors (Lipinski definition) is 0. The first-order valence-electron chi connectivity index (χ1n) is 6.06. The summed E-state index contributed by atoms with van der Waals surface area (Å²) in [4.78, 5) is 14.0. The van der Waals surface area contributed by atoms with Crippen LogP contribution in [0.25, 0.3) is 0 Å². The lowest BCUT2D eigenvalue weighted by Gasteiger charge is -2.29. The summed E-state index contributed by atoms with van der Waals surface area (Å²) in [7, 11) is 1.49. The maximum absolute atomic E-state index is 11.7. The number of nitrogens with zero attached hydrogens (tertiary/aromatic N) is 1. The Hall–Kier alpha value is -0.570. The molecule has 0 radical (unpaired) electrons. The zero-order valence-corrected chi connectivity index (χ0v) is 10.2. The van der Waals surface area contributed by atoms with Crippen molar-refractivity contribution in [2.75, 3.05) is 20.2 Å². The second-order valence-electron chi connectivity index (χ2n) is 4.34. The lowest BCUT2D eigenvalue weighted by Crippen LogP contribution is -2.44. The third-order valence-corrected chi connectivity index (χ3v) is 2.93. The van der Waals surface area contributed by atoms with Crippen LogP contribution in [0.2, 0.25) is 0 Å². The lowest BCUT2D eigenvalue weighted by atomic mass is 10.1. The van der Waals surface area contributed by atoms with Crippen LogP contribution >= 0.6 is 0 Å². The van der Waals surface area contributed by atoms with Gasteiger partial charge in [0, 0.05) is 0 Å². The summed E-state index contributed by atoms with van der Waals surface area (Å²) in [5.41, 5.74) is 0. The Balaban J connectivity index is 2.60. The summed E-state index contributed by atoms with van der Waals surface area (Å²) in [6, 6.07) is 0.0231. The Morgan fingerprint density at radius 3 is 2.20 bits per heavy atom. The first kappa shape index (κ1) is 12.5. The molecule has 88 valence electrons. The second kappa shape index (κ2) is 6.11. The van der Waals surface area contributed by atoms with Gasteiger partial charge in [0.1, 0.15) is 6.04 Å². The normalized spacial score (nSPS) is 17.9. The molecule has 3 heteroatoms. The Bertz CT molecular complexity index is 196. The standard InChI is InChI=1S/C12H23NO2/c1-4-8-13(9-5-2)11(10-6-7-10)12(14)15-3/h10-11H,4-9H2,1-3H3. The highest BCUT2D eigenvalue weighted by molar-refractivity contribution is 5.76. The van der Waals surface area contributed by atoms with E-state index in [9.17, 15) is 4.79 Å². The highest BCUT2D eigenvalue weighted by Gasteiger charge is 2.40. The third-order valence-electron chi connectivity index (χ3n) is 2.93. The summed E-state index contributed by atoms with van der Waals surface area (Å²) in [6.07, 6.45) is 4.56. The van der Waals surface area contributed by atoms with Gasteiger partial charge in [-0.2, -0.15) is 0 Å². The molecule has 3 nitrogen and oxygen atoms in total. The van der Waals surface area contributed by atoms with Crippen molar-refractivity contribution >= 4 is 5.97 Å². The van der Waals surface area contributed by atoms with E-state index in [1.807, 2.05) is 0 Å². The maximum Gasteiger partial charge on any atom is 0.323 e. The maximum atomic E-state index is 11.7. The van der Waals surface area contributed by atoms with Gasteiger partial charge in [-0.25, -0.2) is 0 Å². The fraction of sp³-hybridized carbons (Fsp3) is 0.917. The lowest BCUT2D eigenvalue weighted by molar-refractivity contribution is -0.148. The Morgan fingerprint density at radius 1 is 1.33 bits per heavy atom. The van der Waals surface area contributed by atoms with Crippen LogP contribution in [0.1, 0.15) is 39.5 Å². The van der Waals surface area contributed by atoms with Gasteiger partial charge in [0.25, 0.3) is 0 Å². The molecule has 1 unspecified atom stereocenters. The molecule has 0 saturated heterocycles. The molecule has 0 N–H and O–H groups in total. The van der Waals surface area contributed by atoms with E-state index in [2.05, 4.69) is 18.7 Å². The molecule has 1 aliphatic carbocycles. The Kier molecular flexibility index (Phi) is 5.09. The van der Waals surface area contributed by atoms with Crippen molar-refractivity contribution in [2.45, 2.75) is 45.6 Å². The van der Waals surface area contributed by atoms with Crippen molar-refractivity contribution in [1.29, 1.82) is 0 Å². The highest BCUT2D eigenvalue weighted by atomic mass is 16.5. The predicted molar refractivity (Wildman–Crippen MR) is 60.7 cm³/mol. The van der Waals surface area contributed by atoms with Crippen molar-refractivity contribution in [3.8, 4) is 0 Å². The molecule has 0 aromatic heterocycles. The number of carbonyl (C=O) groups excluding carboxylic acids is 1. The quantitative estimate of drug-likeness (QED) is 0.606. The molecular formula is C12H23NO2. The number of esters is 1. The molecule has 0 amide bonds. The zero-order chi connectivity index (χ0) is 11.3. The van der Waals surface area contributed by atoms with E-state index in [0.717, 1.165) is 25.9 Å². The molecule has 1 atom stereocenters. The molecule has 0 heterocycles. The van der Waals surface area contributed by atoms with Crippen molar-refractivity contribution in [3.05, 3.63) is 0 Å². The van der Waals surface area contributed by atoms with E-state index >= 15 is 0 Å². The molecule has 1 rings (SSSR count). The highest BCUT2D eigenvalue weighted by Crippen LogP contribution is 2.36. The van der Waals surface area contributed by atoms with Gasteiger partial charge >= 0.3 is 5.97 Å². The molecule has 0 aliphatic heterocycles. The van der Waals surface area contributed by atoms with Crippen molar-refractivity contribution in [2.24, 2.45) is 5.92 Å². The predicted octanol–water partition coefficient (Wildman–Crippen LogP) is 2.06. The number of methoxy groups -OCH3 is 1. The summed E-state index contributed by atoms with van der Waals surface area (Å²) in [5, 5.41) is 0. The molecule has 1 aliphatic rings. The molecular weight excluding hydrogens is 190 g/mol. The summed E-state index contributed by atoms with van der Waals surface area (Å²) in [5.74, 6) is 0.509. The van der Waals surface area contributed by atoms with Crippen LogP contribution in [-0.4, -0.2) is 37.1 Å². The molecule has 0 bridgehead atoms. The Labute approximate surface area is 92.8 Å². The van der Waals surface area contributed by atoms with Crippen LogP contribution in [0.5, 0.6) is 0 Å². The molecule has 0 aromatic carbocycles. The van der Waals surface area contributed by atoms with Crippen LogP contribution in [-0.2, 0) is 9.53 Å². The van der Waals surface area contributed by atoms with Gasteiger partial charge in [-0.05, 0) is 44.7 Å². The van der Waals surface area contributed by atoms with Crippen molar-refractivity contribution < 1.29 is 9.53 Å². The van der Waals surface area contributed by atoms with Gasteiger partial charge in [0.15, 0.2) is 0 Å². The first-order valence-corrected chi connectivity index (χ1v) is 6.06. The van der Waals surface area contributed by atoms with E-state index in [1.54, 1.807) is 0 Å². The van der Waals surface area contributed by atoms with Crippen LogP contribution in [0.15, 0.2) is 0 Å². The van der Waals surface area contributed by atoms with E-state index in [0.29, 0.717) is 5.92 Å². The Morgan fingerprint density at radius 2 is 1.87 bits per heavy atom. The minimum absolute atomic E-state index is 0.0231. The van der Waals surface area contributed by atoms with Crippen molar-refractivity contribution in [1.82, 2.24) is 4.90 Å². The number of hydrogen-bond acceptors (Lipinski definition) is 3. The minimum atomic E-state index is -0.0422. The largest absolute Gasteiger partial charge is 0.468 e. The van der Waals surface area contributed by atoms with E-state index in [-0.39, 0.29) is 12.0 Å². The summed E-state index contributed by atoms with van der Waals surface area (Å²) < 4.78 is 4.91. The van der Waals surface area contributed by atoms with Crippen LogP contribution in [0, 0.1) is 5.92 Å². The van der Waals surface area contributed by atoms with E-state index < -0.39 is 0 Å². The SMILES string of the molecule is CCCN(CCC)C(C(=O)OC)C1CC1. The van der Waals surface area contributed by atoms with Gasteiger partial charge < -0.3 is 4.74 Å². The fourth-order valence-electron chi connectivity index (χ4n) is 2.14. The molecule has 1 fully saturated rings. The number of rotatable bonds is 7. The smallest absolute Gasteiger partial charge is 0.323 e. The molecule has 1 saturated carbocycles. The number of carbonyl (C=O) groups is 1. The van der Waals surface area contributed by atoms with Crippen molar-refractivity contribution in [3.63, 3.8) is 0 Å². The molecule has 15 heavy (non-hydrogen) atoms. The van der Waals surface area contributed by atoms with Crippen LogP contribution in [0.4, 0.5) is 0 Å². The topological polar surface area (TPSA) is 29.5 Å². The average Bonchev–Trinajstić information content (AvgIpc) is 3.03. The molecule has 0 spiro atoms. The van der Waals surface area contributed by atoms with E-state index in [4.69, 9.17) is 4.74 Å². The van der Waals surface area contributed by atoms with Crippen LogP contribution < -0.4 is 0 Å². The van der Waals surface area contributed by atoms with Gasteiger partial charge in [-0.15, -0.1) is 0 Å². The van der Waals surface area contributed by atoms with E-state index in [1.165, 1.54) is 20.0 Å². The third kappa shape index (κ3) is 3.49. The fourth-order valence-corrected chi connectivity index (χ4v) is 2.14. The van der Waals surface area contributed by atoms with Gasteiger partial charge in [-0.3, -0.25) is 9.69 Å². The average molecular weight is 213 g/mol. The number of ether oxygens (including phenoxy) is 1. The summed E-state index contributed by atoms with van der Waals surface area (Å²) >= 11 is 0. The first-order chi connectivity index (χ1) is 7.24. The molecule has 0 aromatic rings. The van der Waals surface area contributed by atoms with Crippen LogP contribution in [0.3, 0.4) is 0 Å². The van der Waals surface area contributed by atoms with Gasteiger partial charge in [0.05, 0.1) is 7.11 Å². The monoisotopic (exact) mass is 213 g/mol. The minimum Gasteiger partial charge on any atom is -0.468 e. The van der Waals surface area contributed by atoms with Gasteiger partial charge in [0.2, 0.25) is 0 Å². The van der Waals surface area contributed by atoms with Gasteiger partial charge in [-0.1, -0.05) is 13.8 Å².